The normalized spacial score (nSPS) is 19.0. The molecule has 4 N–H and O–H groups in total. The SMILES string of the molecule is Cc1c(NC(=O)c2nc3c(n2C)CCNC3)cccc1-c1cccc(NC(=O)c2nc3c(n2C)CCN(C[C@H]2CC[C@@H](C(=O)O)CC2)C3)c1Cl. The van der Waals surface area contributed by atoms with Gasteiger partial charge in [0.2, 0.25) is 0 Å². The first-order chi connectivity index (χ1) is 24.1. The highest BCUT2D eigenvalue weighted by atomic mass is 35.5. The van der Waals surface area contributed by atoms with Crippen molar-refractivity contribution in [1.82, 2.24) is 29.3 Å². The average molecular weight is 699 g/mol. The molecule has 12 nitrogen and oxygen atoms in total. The molecule has 0 bridgehead atoms. The van der Waals surface area contributed by atoms with Crippen LogP contribution in [0.15, 0.2) is 36.4 Å². The fourth-order valence-electron chi connectivity index (χ4n) is 7.81. The highest BCUT2D eigenvalue weighted by molar-refractivity contribution is 6.36. The number of carboxylic acids is 1. The molecule has 2 aliphatic heterocycles. The Balaban J connectivity index is 1.04. The van der Waals surface area contributed by atoms with Gasteiger partial charge < -0.3 is 30.2 Å². The second kappa shape index (κ2) is 14.0. The van der Waals surface area contributed by atoms with Gasteiger partial charge in [-0.3, -0.25) is 19.3 Å². The number of carboxylic acid groups (broad SMARTS) is 1. The van der Waals surface area contributed by atoms with Crippen molar-refractivity contribution in [3.63, 3.8) is 0 Å². The number of aromatic nitrogens is 4. The van der Waals surface area contributed by atoms with Crippen molar-refractivity contribution < 1.29 is 19.5 Å². The first-order valence-corrected chi connectivity index (χ1v) is 17.7. The zero-order chi connectivity index (χ0) is 35.1. The largest absolute Gasteiger partial charge is 0.481 e. The molecule has 1 saturated carbocycles. The summed E-state index contributed by atoms with van der Waals surface area (Å²) >= 11 is 6.97. The van der Waals surface area contributed by atoms with Gasteiger partial charge in [0.1, 0.15) is 0 Å². The Morgan fingerprint density at radius 3 is 2.18 bits per heavy atom. The lowest BCUT2D eigenvalue weighted by molar-refractivity contribution is -0.143. The van der Waals surface area contributed by atoms with Gasteiger partial charge in [-0.2, -0.15) is 0 Å². The summed E-state index contributed by atoms with van der Waals surface area (Å²) in [6.07, 6.45) is 4.96. The summed E-state index contributed by atoms with van der Waals surface area (Å²) in [4.78, 5) is 50.1. The number of fused-ring (bicyclic) bond motifs is 2. The first-order valence-electron chi connectivity index (χ1n) is 17.3. The van der Waals surface area contributed by atoms with E-state index < -0.39 is 5.97 Å². The Morgan fingerprint density at radius 2 is 1.50 bits per heavy atom. The van der Waals surface area contributed by atoms with E-state index in [0.717, 1.165) is 97.6 Å². The number of amides is 2. The Morgan fingerprint density at radius 1 is 0.880 bits per heavy atom. The second-order valence-electron chi connectivity index (χ2n) is 13.8. The van der Waals surface area contributed by atoms with Crippen LogP contribution in [0.2, 0.25) is 5.02 Å². The lowest BCUT2D eigenvalue weighted by Crippen LogP contribution is -2.36. The molecule has 0 radical (unpaired) electrons. The molecule has 3 aliphatic rings. The fourth-order valence-corrected chi connectivity index (χ4v) is 8.09. The number of hydrogen-bond acceptors (Lipinski definition) is 7. The minimum atomic E-state index is -0.680. The van der Waals surface area contributed by atoms with Crippen molar-refractivity contribution in [2.24, 2.45) is 25.9 Å². The Kier molecular flexibility index (Phi) is 9.51. The molecule has 0 saturated heterocycles. The van der Waals surface area contributed by atoms with Crippen LogP contribution in [0.1, 0.15) is 75.3 Å². The number of nitrogens with zero attached hydrogens (tertiary/aromatic N) is 5. The van der Waals surface area contributed by atoms with Crippen molar-refractivity contribution >= 4 is 40.8 Å². The van der Waals surface area contributed by atoms with Gasteiger partial charge in [-0.05, 0) is 61.8 Å². The number of benzene rings is 2. The molecule has 0 spiro atoms. The highest BCUT2D eigenvalue weighted by Crippen LogP contribution is 2.38. The number of nitrogens with one attached hydrogen (secondary N) is 3. The molecule has 4 heterocycles. The molecule has 262 valence electrons. The van der Waals surface area contributed by atoms with E-state index in [0.29, 0.717) is 47.1 Å². The monoisotopic (exact) mass is 698 g/mol. The van der Waals surface area contributed by atoms with Gasteiger partial charge in [0.25, 0.3) is 11.8 Å². The molecular formula is C37H43ClN8O4. The zero-order valence-electron chi connectivity index (χ0n) is 28.7. The highest BCUT2D eigenvalue weighted by Gasteiger charge is 2.30. The van der Waals surface area contributed by atoms with Crippen LogP contribution in [0.4, 0.5) is 11.4 Å². The van der Waals surface area contributed by atoms with Crippen molar-refractivity contribution in [3.8, 4) is 11.1 Å². The number of anilines is 2. The number of hydrogen-bond donors (Lipinski definition) is 4. The summed E-state index contributed by atoms with van der Waals surface area (Å²) in [7, 11) is 3.75. The number of carbonyl (C=O) groups is 3. The molecule has 0 unspecified atom stereocenters. The van der Waals surface area contributed by atoms with E-state index in [4.69, 9.17) is 16.6 Å². The predicted octanol–water partition coefficient (Wildman–Crippen LogP) is 5.18. The third-order valence-electron chi connectivity index (χ3n) is 10.7. The molecule has 0 atom stereocenters. The molecule has 2 aromatic heterocycles. The zero-order valence-corrected chi connectivity index (χ0v) is 29.4. The van der Waals surface area contributed by atoms with Gasteiger partial charge in [0, 0.05) is 82.3 Å². The van der Waals surface area contributed by atoms with Crippen molar-refractivity contribution in [2.45, 2.75) is 58.5 Å². The van der Waals surface area contributed by atoms with E-state index in [1.54, 1.807) is 6.07 Å². The summed E-state index contributed by atoms with van der Waals surface area (Å²) in [6, 6.07) is 11.2. The maximum Gasteiger partial charge on any atom is 0.306 e. The predicted molar refractivity (Wildman–Crippen MR) is 191 cm³/mol. The summed E-state index contributed by atoms with van der Waals surface area (Å²) in [6.45, 7) is 5.90. The molecule has 4 aromatic rings. The van der Waals surface area contributed by atoms with Gasteiger partial charge in [0.05, 0.1) is 28.0 Å². The first kappa shape index (κ1) is 34.0. The number of halogens is 1. The Hall–Kier alpha value is -4.52. The van der Waals surface area contributed by atoms with Crippen molar-refractivity contribution in [2.75, 3.05) is 30.3 Å². The van der Waals surface area contributed by atoms with Gasteiger partial charge in [-0.15, -0.1) is 0 Å². The minimum Gasteiger partial charge on any atom is -0.481 e. The smallest absolute Gasteiger partial charge is 0.306 e. The molecule has 1 aliphatic carbocycles. The molecule has 1 fully saturated rings. The maximum absolute atomic E-state index is 13.6. The average Bonchev–Trinajstić information content (AvgIpc) is 3.63. The van der Waals surface area contributed by atoms with Gasteiger partial charge >= 0.3 is 5.97 Å². The van der Waals surface area contributed by atoms with Crippen LogP contribution < -0.4 is 16.0 Å². The van der Waals surface area contributed by atoms with E-state index in [9.17, 15) is 19.5 Å². The van der Waals surface area contributed by atoms with E-state index in [1.165, 1.54) is 0 Å². The van der Waals surface area contributed by atoms with E-state index >= 15 is 0 Å². The molecule has 50 heavy (non-hydrogen) atoms. The number of aliphatic carboxylic acids is 1. The Bertz CT molecular complexity index is 1980. The number of carbonyl (C=O) groups excluding carboxylic acids is 2. The lowest BCUT2D eigenvalue weighted by atomic mass is 9.81. The molecule has 13 heteroatoms. The van der Waals surface area contributed by atoms with Crippen molar-refractivity contribution in [3.05, 3.63) is 81.4 Å². The van der Waals surface area contributed by atoms with Gasteiger partial charge in [-0.1, -0.05) is 35.9 Å². The maximum atomic E-state index is 13.6. The standard InChI is InChI=1S/C37H43ClN8O4/c1-21-24(6-4-8-26(21)42-35(47)33-40-28-18-39-16-14-30(28)44(33)2)25-7-5-9-27(32(25)38)43-36(48)34-41-29-20-46(17-15-31(29)45(34)3)19-22-10-12-23(13-11-22)37(49)50/h4-9,22-23,39H,10-20H2,1-3H3,(H,42,47)(H,43,48)(H,49,50)/t22-,23+. The Labute approximate surface area is 296 Å². The third kappa shape index (κ3) is 6.55. The van der Waals surface area contributed by atoms with Crippen LogP contribution in [-0.2, 0) is 44.8 Å². The lowest BCUT2D eigenvalue weighted by Gasteiger charge is -2.33. The van der Waals surface area contributed by atoms with Crippen LogP contribution in [-0.4, -0.2) is 66.5 Å². The van der Waals surface area contributed by atoms with Gasteiger partial charge in [-0.25, -0.2) is 9.97 Å². The number of rotatable bonds is 8. The summed E-state index contributed by atoms with van der Waals surface area (Å²) in [5, 5.41) is 19.1. The molecule has 7 rings (SSSR count). The summed E-state index contributed by atoms with van der Waals surface area (Å²) in [5.74, 6) is -0.336. The van der Waals surface area contributed by atoms with Crippen LogP contribution in [0.5, 0.6) is 0 Å². The van der Waals surface area contributed by atoms with Crippen LogP contribution in [0.25, 0.3) is 11.1 Å². The summed E-state index contributed by atoms with van der Waals surface area (Å²) < 4.78 is 3.75. The van der Waals surface area contributed by atoms with Crippen LogP contribution in [0.3, 0.4) is 0 Å². The minimum absolute atomic E-state index is 0.215. The molecular weight excluding hydrogens is 656 g/mol. The number of imidazole rings is 2. The molecule has 2 amide bonds. The summed E-state index contributed by atoms with van der Waals surface area (Å²) in [5.41, 5.74) is 7.44. The fraction of sp³-hybridized carbons (Fsp3) is 0.432. The van der Waals surface area contributed by atoms with Crippen LogP contribution >= 0.6 is 11.6 Å². The van der Waals surface area contributed by atoms with E-state index in [2.05, 4.69) is 25.8 Å². The van der Waals surface area contributed by atoms with E-state index in [1.807, 2.05) is 60.5 Å². The van der Waals surface area contributed by atoms with Crippen LogP contribution in [0, 0.1) is 18.8 Å². The topological polar surface area (TPSA) is 146 Å². The molecule has 2 aromatic carbocycles. The van der Waals surface area contributed by atoms with Crippen molar-refractivity contribution in [1.29, 1.82) is 0 Å². The second-order valence-corrected chi connectivity index (χ2v) is 14.2. The quantitative estimate of drug-likeness (QED) is 0.197. The van der Waals surface area contributed by atoms with E-state index in [-0.39, 0.29) is 17.7 Å². The third-order valence-corrected chi connectivity index (χ3v) is 11.1. The van der Waals surface area contributed by atoms with Gasteiger partial charge in [0.15, 0.2) is 11.6 Å².